The molecule has 100 heavy (non-hydrogen) atoms. The highest BCUT2D eigenvalue weighted by atomic mass is 16.6. The third kappa shape index (κ3) is 24.2. The largest absolute Gasteiger partial charge is 0.457 e. The number of H-pyrrole nitrogens is 1. The van der Waals surface area contributed by atoms with Crippen molar-refractivity contribution in [1.82, 2.24) is 49.6 Å². The zero-order valence-corrected chi connectivity index (χ0v) is 65.2. The standard InChI is InChI=1S/C76H124N10O14/c1-27-52-39-62(89)67(68(92)48(14)37-63-78-54-30-28-51(38-55(54)79-63)29-31-65(91)100-76(17,18)19)86(26)75(99)66(47(12)13)85(25)74(98)59(35-45(8)9)84(24)73(97)58(34-44(6)7)83(23)70(94)50(16)77-69(93)49(15)36-60(87)57(33-43(4)5)82(22)72(96)53(46(10)11)40-61(88)56(32-42(2)3)81(21)64(90)41-80(20)71(52)95/h28-31,38,42-50,52-53,56-59,66-68,92H,27,32-37,39-41H2,1-26H3,(H,77,93)(H,78,79)/b31-29+/t48-,49-,50-,52-,53+,56+,57+,58+,59+,66+,67-,68-/m1/s1. The van der Waals surface area contributed by atoms with Crippen molar-refractivity contribution in [3.63, 3.8) is 0 Å². The number of esters is 1. The third-order valence-corrected chi connectivity index (χ3v) is 19.2. The predicted octanol–water partition coefficient (Wildman–Crippen LogP) is 8.05. The van der Waals surface area contributed by atoms with E-state index in [0.717, 1.165) is 4.90 Å². The van der Waals surface area contributed by atoms with Gasteiger partial charge in [-0.05, 0) is 125 Å². The number of likely N-dealkylation sites (N-methyl/N-ethyl adjacent to an activating group) is 7. The Labute approximate surface area is 596 Å². The van der Waals surface area contributed by atoms with Crippen molar-refractivity contribution >= 4 is 87.7 Å². The normalized spacial score (nSPS) is 25.1. The lowest BCUT2D eigenvalue weighted by Crippen LogP contribution is -2.62. The Balaban J connectivity index is 2.33. The van der Waals surface area contributed by atoms with E-state index in [1.165, 1.54) is 91.7 Å². The number of aliphatic hydroxyl groups is 1. The molecule has 1 fully saturated rings. The molecule has 12 atom stereocenters. The number of hydrogen-bond donors (Lipinski definition) is 3. The van der Waals surface area contributed by atoms with Crippen LogP contribution >= 0.6 is 0 Å². The molecule has 0 radical (unpaired) electrons. The number of Topliss-reactive ketones (excluding diaryl/α,β-unsaturated/α-hetero) is 3. The van der Waals surface area contributed by atoms with Gasteiger partial charge < -0.3 is 54.4 Å². The van der Waals surface area contributed by atoms with Crippen LogP contribution in [0.3, 0.4) is 0 Å². The number of aromatic amines is 1. The second kappa shape index (κ2) is 38.1. The average molecular weight is 1400 g/mol. The summed E-state index contributed by atoms with van der Waals surface area (Å²) in [5.41, 5.74) is 1.16. The molecule has 0 aliphatic carbocycles. The minimum absolute atomic E-state index is 0.0549. The number of nitrogens with zero attached hydrogens (tertiary/aromatic N) is 8. The molecule has 1 aliphatic heterocycles. The van der Waals surface area contributed by atoms with Crippen LogP contribution in [0.25, 0.3) is 17.1 Å². The predicted molar refractivity (Wildman–Crippen MR) is 387 cm³/mol. The Morgan fingerprint density at radius 2 is 1.07 bits per heavy atom. The molecule has 1 saturated heterocycles. The molecular weight excluding hydrogens is 1280 g/mol. The van der Waals surface area contributed by atoms with E-state index in [-0.39, 0.29) is 75.0 Å². The molecule has 562 valence electrons. The molecule has 3 rings (SSSR count). The van der Waals surface area contributed by atoms with Crippen LogP contribution in [0, 0.1) is 59.2 Å². The van der Waals surface area contributed by atoms with E-state index >= 15 is 19.2 Å². The van der Waals surface area contributed by atoms with Gasteiger partial charge in [-0.25, -0.2) is 9.78 Å². The van der Waals surface area contributed by atoms with Crippen LogP contribution < -0.4 is 5.32 Å². The lowest BCUT2D eigenvalue weighted by atomic mass is 9.84. The van der Waals surface area contributed by atoms with Gasteiger partial charge in [0, 0.05) is 98.8 Å². The molecule has 24 nitrogen and oxygen atoms in total. The monoisotopic (exact) mass is 1400 g/mol. The number of benzene rings is 1. The first-order valence-corrected chi connectivity index (χ1v) is 36.0. The number of hydrogen-bond acceptors (Lipinski definition) is 15. The Hall–Kier alpha value is -7.37. The van der Waals surface area contributed by atoms with Crippen molar-refractivity contribution in [2.45, 2.75) is 243 Å². The highest BCUT2D eigenvalue weighted by Crippen LogP contribution is 2.30. The van der Waals surface area contributed by atoms with Crippen LogP contribution in [-0.4, -0.2) is 230 Å². The van der Waals surface area contributed by atoms with Gasteiger partial charge in [0.1, 0.15) is 41.6 Å². The van der Waals surface area contributed by atoms with E-state index in [0.29, 0.717) is 22.4 Å². The summed E-state index contributed by atoms with van der Waals surface area (Å²) in [6.45, 7) is 33.4. The number of fused-ring (bicyclic) bond motifs is 1. The highest BCUT2D eigenvalue weighted by Gasteiger charge is 2.46. The molecule has 2 aromatic rings. The Kier molecular flexibility index (Phi) is 33.1. The van der Waals surface area contributed by atoms with Gasteiger partial charge in [0.25, 0.3) is 0 Å². The smallest absolute Gasteiger partial charge is 0.331 e. The fourth-order valence-corrected chi connectivity index (χ4v) is 13.2. The van der Waals surface area contributed by atoms with Crippen molar-refractivity contribution in [1.29, 1.82) is 0 Å². The highest BCUT2D eigenvalue weighted by molar-refractivity contribution is 6.00. The third-order valence-electron chi connectivity index (χ3n) is 19.2. The second-order valence-corrected chi connectivity index (χ2v) is 31.8. The van der Waals surface area contributed by atoms with E-state index in [1.807, 2.05) is 55.4 Å². The molecule has 1 aromatic heterocycles. The minimum Gasteiger partial charge on any atom is -0.457 e. The summed E-state index contributed by atoms with van der Waals surface area (Å²) in [5, 5.41) is 15.5. The SMILES string of the molecule is CC[C@@H]1CC(=O)[C@H]([C@H](O)[C@H](C)Cc2nc3ccc(/C=C/C(=O)OC(C)(C)C)cc3[nH]2)N(C)C(=O)[C@H](C(C)C)N(C)C(=O)[C@H](CC(C)C)N(C)C(=O)[C@H](CC(C)C)N(C)C(=O)[C@@H](C)NC(=O)[C@H](C)CC(=O)[C@H](CC(C)C)N(C)C(=O)[C@H](C(C)C)CC(=O)[C@H](CC(C)C)N(C)C(=O)CN(C)C1=O. The summed E-state index contributed by atoms with van der Waals surface area (Å²) in [6.07, 6.45) is 1.10. The first-order valence-electron chi connectivity index (χ1n) is 36.0. The zero-order chi connectivity index (χ0) is 76.6. The van der Waals surface area contributed by atoms with E-state index < -0.39 is 173 Å². The van der Waals surface area contributed by atoms with Gasteiger partial charge in [-0.3, -0.25) is 52.7 Å². The molecular formula is C76H124N10O14. The summed E-state index contributed by atoms with van der Waals surface area (Å²) >= 11 is 0. The van der Waals surface area contributed by atoms with Gasteiger partial charge in [-0.2, -0.15) is 0 Å². The zero-order valence-electron chi connectivity index (χ0n) is 65.2. The minimum atomic E-state index is -1.64. The van der Waals surface area contributed by atoms with E-state index in [4.69, 9.17) is 9.72 Å². The van der Waals surface area contributed by atoms with Crippen LogP contribution in [0.1, 0.15) is 194 Å². The van der Waals surface area contributed by atoms with Gasteiger partial charge in [-0.15, -0.1) is 0 Å². The van der Waals surface area contributed by atoms with Crippen LogP contribution in [0.4, 0.5) is 0 Å². The van der Waals surface area contributed by atoms with E-state index in [1.54, 1.807) is 93.5 Å². The van der Waals surface area contributed by atoms with Gasteiger partial charge in [-0.1, -0.05) is 110 Å². The van der Waals surface area contributed by atoms with Crippen LogP contribution in [0.15, 0.2) is 24.3 Å². The molecule has 8 amide bonds. The molecule has 3 N–H and O–H groups in total. The second-order valence-electron chi connectivity index (χ2n) is 31.8. The lowest BCUT2D eigenvalue weighted by Gasteiger charge is -2.41. The molecule has 1 aliphatic rings. The molecule has 0 saturated carbocycles. The summed E-state index contributed by atoms with van der Waals surface area (Å²) in [7, 11) is 10.1. The first kappa shape index (κ1) is 86.8. The van der Waals surface area contributed by atoms with Crippen molar-refractivity contribution in [2.24, 2.45) is 59.2 Å². The summed E-state index contributed by atoms with van der Waals surface area (Å²) < 4.78 is 5.42. The number of aromatic nitrogens is 2. The number of ketones is 3. The number of carbonyl (C=O) groups excluding carboxylic acids is 12. The topological polar surface area (TPSA) is 298 Å². The van der Waals surface area contributed by atoms with Gasteiger partial charge in [0.15, 0.2) is 17.3 Å². The number of carbonyl (C=O) groups is 12. The number of ether oxygens (including phenoxy) is 1. The maximum absolute atomic E-state index is 15.6. The first-order chi connectivity index (χ1) is 46.2. The number of aliphatic hydroxyl groups excluding tert-OH is 1. The molecule has 2 heterocycles. The van der Waals surface area contributed by atoms with Crippen LogP contribution in [0.5, 0.6) is 0 Å². The maximum Gasteiger partial charge on any atom is 0.331 e. The average Bonchev–Trinajstić information content (AvgIpc) is 0.873. The molecule has 0 spiro atoms. The van der Waals surface area contributed by atoms with Gasteiger partial charge in [0.05, 0.1) is 35.8 Å². The van der Waals surface area contributed by atoms with Crippen molar-refractivity contribution < 1.29 is 67.4 Å². The van der Waals surface area contributed by atoms with Crippen LogP contribution in [-0.2, 0) is 68.7 Å². The quantitative estimate of drug-likeness (QED) is 0.0997. The van der Waals surface area contributed by atoms with Crippen molar-refractivity contribution in [2.75, 3.05) is 55.9 Å². The lowest BCUT2D eigenvalue weighted by molar-refractivity contribution is -0.157. The Morgan fingerprint density at radius 1 is 0.590 bits per heavy atom. The van der Waals surface area contributed by atoms with Gasteiger partial charge >= 0.3 is 5.97 Å². The summed E-state index contributed by atoms with van der Waals surface area (Å²) in [4.78, 5) is 193. The molecule has 0 bridgehead atoms. The number of imidazole rings is 1. The number of nitrogens with one attached hydrogen (secondary N) is 2. The van der Waals surface area contributed by atoms with Crippen LogP contribution in [0.2, 0.25) is 0 Å². The molecule has 1 aromatic carbocycles. The maximum atomic E-state index is 15.6. The fraction of sp³-hybridized carbons (Fsp3) is 0.724. The summed E-state index contributed by atoms with van der Waals surface area (Å²) in [5.74, 6) is -11.8. The van der Waals surface area contributed by atoms with Gasteiger partial charge in [0.2, 0.25) is 47.3 Å². The molecule has 0 unspecified atom stereocenters. The fourth-order valence-electron chi connectivity index (χ4n) is 13.2. The van der Waals surface area contributed by atoms with E-state index in [2.05, 4.69) is 10.3 Å². The Morgan fingerprint density at radius 3 is 1.57 bits per heavy atom. The number of amides is 8. The summed E-state index contributed by atoms with van der Waals surface area (Å²) in [6, 6.07) is -3.18. The Bertz CT molecular complexity index is 3220. The molecule has 24 heteroatoms. The van der Waals surface area contributed by atoms with Crippen molar-refractivity contribution in [3.8, 4) is 0 Å². The van der Waals surface area contributed by atoms with E-state index in [9.17, 15) is 43.5 Å². The van der Waals surface area contributed by atoms with Crippen molar-refractivity contribution in [3.05, 3.63) is 35.7 Å². The number of rotatable bonds is 17.